The summed E-state index contributed by atoms with van der Waals surface area (Å²) in [5, 5.41) is 2.25. The smallest absolute Gasteiger partial charge is 0.335 e. The maximum atomic E-state index is 13.1. The molecule has 6 nitrogen and oxygen atoms in total. The van der Waals surface area contributed by atoms with Crippen LogP contribution >= 0.6 is 38.5 Å². The van der Waals surface area contributed by atoms with E-state index in [0.29, 0.717) is 30.0 Å². The summed E-state index contributed by atoms with van der Waals surface area (Å²) in [5.74, 6) is -0.727. The van der Waals surface area contributed by atoms with Crippen molar-refractivity contribution in [1.29, 1.82) is 0 Å². The highest BCUT2D eigenvalue weighted by Gasteiger charge is 2.36. The lowest BCUT2D eigenvalue weighted by molar-refractivity contribution is -0.122. The molecule has 0 atom stereocenters. The van der Waals surface area contributed by atoms with Crippen molar-refractivity contribution in [3.05, 3.63) is 97.0 Å². The first-order chi connectivity index (χ1) is 16.4. The summed E-state index contributed by atoms with van der Waals surface area (Å²) in [6.07, 6.45) is 2.15. The monoisotopic (exact) mass is 630 g/mol. The van der Waals surface area contributed by atoms with Gasteiger partial charge in [-0.2, -0.15) is 0 Å². The van der Waals surface area contributed by atoms with E-state index in [0.717, 1.165) is 24.1 Å². The van der Waals surface area contributed by atoms with Gasteiger partial charge in [0.05, 0.1) is 12.3 Å². The number of imide groups is 2. The normalized spacial score (nSPS) is 15.0. The molecule has 1 aliphatic heterocycles. The first-order valence-electron chi connectivity index (χ1n) is 10.5. The first-order valence-corrected chi connectivity index (χ1v) is 12.4. The van der Waals surface area contributed by atoms with Gasteiger partial charge < -0.3 is 4.74 Å². The molecule has 0 aliphatic carbocycles. The van der Waals surface area contributed by atoms with Crippen molar-refractivity contribution in [1.82, 2.24) is 5.32 Å². The van der Waals surface area contributed by atoms with Crippen LogP contribution in [-0.4, -0.2) is 24.5 Å². The third-order valence-corrected chi connectivity index (χ3v) is 6.96. The van der Waals surface area contributed by atoms with Gasteiger partial charge >= 0.3 is 6.03 Å². The number of nitrogens with one attached hydrogen (secondary N) is 1. The van der Waals surface area contributed by atoms with Crippen molar-refractivity contribution in [2.75, 3.05) is 11.5 Å². The lowest BCUT2D eigenvalue weighted by atomic mass is 10.0. The maximum absolute atomic E-state index is 13.1. The number of amides is 4. The van der Waals surface area contributed by atoms with Gasteiger partial charge in [0.25, 0.3) is 11.8 Å². The van der Waals surface area contributed by atoms with Gasteiger partial charge in [0.15, 0.2) is 0 Å². The number of carbonyl (C=O) groups is 3. The van der Waals surface area contributed by atoms with Crippen LogP contribution in [0.15, 0.2) is 76.8 Å². The minimum absolute atomic E-state index is 0.125. The molecule has 1 heterocycles. The molecule has 0 unspecified atom stereocenters. The van der Waals surface area contributed by atoms with Crippen LogP contribution in [0.5, 0.6) is 5.75 Å². The molecule has 4 rings (SSSR count). The molecule has 1 saturated heterocycles. The van der Waals surface area contributed by atoms with Crippen molar-refractivity contribution < 1.29 is 19.1 Å². The summed E-state index contributed by atoms with van der Waals surface area (Å²) < 4.78 is 7.87. The zero-order chi connectivity index (χ0) is 24.2. The van der Waals surface area contributed by atoms with Gasteiger partial charge in [-0.15, -0.1) is 0 Å². The Morgan fingerprint density at radius 2 is 1.74 bits per heavy atom. The van der Waals surface area contributed by atoms with E-state index in [9.17, 15) is 14.4 Å². The predicted molar refractivity (Wildman–Crippen MR) is 143 cm³/mol. The number of barbiturate groups is 1. The van der Waals surface area contributed by atoms with Crippen LogP contribution in [-0.2, 0) is 16.0 Å². The van der Waals surface area contributed by atoms with Gasteiger partial charge in [0.2, 0.25) is 0 Å². The Morgan fingerprint density at radius 1 is 1.03 bits per heavy atom. The maximum Gasteiger partial charge on any atom is 0.335 e. The summed E-state index contributed by atoms with van der Waals surface area (Å²) in [5.41, 5.74) is 3.02. The molecule has 0 bridgehead atoms. The van der Waals surface area contributed by atoms with Crippen LogP contribution in [0, 0.1) is 3.57 Å². The van der Waals surface area contributed by atoms with Crippen LogP contribution in [0.25, 0.3) is 6.08 Å². The van der Waals surface area contributed by atoms with E-state index < -0.39 is 17.8 Å². The fraction of sp³-hybridized carbons (Fsp3) is 0.115. The van der Waals surface area contributed by atoms with Crippen LogP contribution in [0.3, 0.4) is 0 Å². The Kier molecular flexibility index (Phi) is 7.47. The minimum Gasteiger partial charge on any atom is -0.494 e. The average Bonchev–Trinajstić information content (AvgIpc) is 2.81. The highest BCUT2D eigenvalue weighted by Crippen LogP contribution is 2.32. The van der Waals surface area contributed by atoms with E-state index in [4.69, 9.17) is 4.74 Å². The van der Waals surface area contributed by atoms with Crippen LogP contribution in [0.4, 0.5) is 10.5 Å². The quantitative estimate of drug-likeness (QED) is 0.215. The van der Waals surface area contributed by atoms with Gasteiger partial charge in [0, 0.05) is 20.0 Å². The number of nitrogens with zero attached hydrogens (tertiary/aromatic N) is 1. The molecule has 1 N–H and O–H groups in total. The zero-order valence-corrected chi connectivity index (χ0v) is 21.9. The fourth-order valence-electron chi connectivity index (χ4n) is 3.64. The van der Waals surface area contributed by atoms with Crippen molar-refractivity contribution in [2.24, 2.45) is 0 Å². The molecule has 0 aromatic heterocycles. The van der Waals surface area contributed by atoms with Crippen molar-refractivity contribution in [3.63, 3.8) is 0 Å². The molecule has 0 saturated carbocycles. The second kappa shape index (κ2) is 10.5. The molecule has 172 valence electrons. The molecule has 1 fully saturated rings. The van der Waals surface area contributed by atoms with Gasteiger partial charge in [0.1, 0.15) is 11.3 Å². The van der Waals surface area contributed by atoms with Crippen molar-refractivity contribution >= 4 is 68.1 Å². The molecule has 3 aromatic rings. The summed E-state index contributed by atoms with van der Waals surface area (Å²) in [7, 11) is 0. The lowest BCUT2D eigenvalue weighted by Crippen LogP contribution is -2.54. The largest absolute Gasteiger partial charge is 0.494 e. The third kappa shape index (κ3) is 5.07. The van der Waals surface area contributed by atoms with Crippen LogP contribution in [0.1, 0.15) is 23.6 Å². The summed E-state index contributed by atoms with van der Waals surface area (Å²) in [6.45, 7) is 2.37. The fourth-order valence-corrected chi connectivity index (χ4v) is 4.88. The Bertz CT molecular complexity index is 1310. The Hall–Kier alpha value is -2.98. The molecule has 1 aliphatic rings. The lowest BCUT2D eigenvalue weighted by Gasteiger charge is -2.26. The van der Waals surface area contributed by atoms with E-state index in [1.165, 1.54) is 6.08 Å². The van der Waals surface area contributed by atoms with E-state index in [2.05, 4.69) is 43.8 Å². The molecule has 8 heteroatoms. The number of ether oxygens (including phenoxy) is 1. The molecular formula is C26H20BrIN2O4. The predicted octanol–water partition coefficient (Wildman–Crippen LogP) is 5.71. The van der Waals surface area contributed by atoms with E-state index in [1.54, 1.807) is 30.3 Å². The van der Waals surface area contributed by atoms with E-state index in [1.807, 2.05) is 43.3 Å². The number of hydrogen-bond acceptors (Lipinski definition) is 4. The molecule has 4 amide bonds. The second-order valence-corrected chi connectivity index (χ2v) is 9.49. The highest BCUT2D eigenvalue weighted by atomic mass is 127. The Labute approximate surface area is 219 Å². The highest BCUT2D eigenvalue weighted by molar-refractivity contribution is 14.1. The number of urea groups is 1. The van der Waals surface area contributed by atoms with Gasteiger partial charge in [-0.05, 0) is 77.0 Å². The molecule has 0 spiro atoms. The topological polar surface area (TPSA) is 75.7 Å². The summed E-state index contributed by atoms with van der Waals surface area (Å²) >= 11 is 5.83. The molecule has 3 aromatic carbocycles. The Balaban J connectivity index is 1.73. The summed E-state index contributed by atoms with van der Waals surface area (Å²) in [6, 6.07) is 19.4. The molecule has 34 heavy (non-hydrogen) atoms. The standard InChI is InChI=1S/C26H20BrIN2O4/c1-2-34-23-14-16(13-22(28)19(23)15-17-8-6-7-11-21(17)27)12-20-24(31)29-26(33)30(25(20)32)18-9-4-3-5-10-18/h3-14H,2,15H2,1H3,(H,29,31,33)/b20-12+. The number of benzene rings is 3. The van der Waals surface area contributed by atoms with E-state index >= 15 is 0 Å². The SMILES string of the molecule is CCOc1cc(/C=C2\C(=O)NC(=O)N(c3ccccc3)C2=O)cc(I)c1Cc1ccccc1Br. The summed E-state index contributed by atoms with van der Waals surface area (Å²) in [4.78, 5) is 39.0. The third-order valence-electron chi connectivity index (χ3n) is 5.23. The number of para-hydroxylation sites is 1. The van der Waals surface area contributed by atoms with Crippen molar-refractivity contribution in [2.45, 2.75) is 13.3 Å². The minimum atomic E-state index is -0.772. The number of hydrogen-bond donors (Lipinski definition) is 1. The van der Waals surface area contributed by atoms with Gasteiger partial charge in [-0.25, -0.2) is 9.69 Å². The van der Waals surface area contributed by atoms with Crippen molar-refractivity contribution in [3.8, 4) is 5.75 Å². The van der Waals surface area contributed by atoms with Gasteiger partial charge in [-0.1, -0.05) is 52.3 Å². The number of halogens is 2. The zero-order valence-electron chi connectivity index (χ0n) is 18.2. The molecular weight excluding hydrogens is 611 g/mol. The first kappa shape index (κ1) is 24.2. The molecule has 0 radical (unpaired) electrons. The number of rotatable bonds is 6. The average molecular weight is 631 g/mol. The van der Waals surface area contributed by atoms with Crippen LogP contribution < -0.4 is 15.0 Å². The van der Waals surface area contributed by atoms with E-state index in [-0.39, 0.29) is 5.57 Å². The van der Waals surface area contributed by atoms with Gasteiger partial charge in [-0.3, -0.25) is 14.9 Å². The van der Waals surface area contributed by atoms with Crippen LogP contribution in [0.2, 0.25) is 0 Å². The second-order valence-electron chi connectivity index (χ2n) is 7.47. The number of carbonyl (C=O) groups excluding carboxylic acids is 3. The Morgan fingerprint density at radius 3 is 2.44 bits per heavy atom. The number of anilines is 1.